The molecule has 0 bridgehead atoms. The van der Waals surface area contributed by atoms with Crippen LogP contribution in [0.2, 0.25) is 0 Å². The molecule has 0 saturated carbocycles. The summed E-state index contributed by atoms with van der Waals surface area (Å²) in [5.41, 5.74) is 0.777. The second kappa shape index (κ2) is 10.4. The molecular formula is C19H25N2O6. The van der Waals surface area contributed by atoms with Crippen molar-refractivity contribution in [3.8, 4) is 17.2 Å². The van der Waals surface area contributed by atoms with Crippen molar-refractivity contribution in [2.24, 2.45) is 0 Å². The van der Waals surface area contributed by atoms with Gasteiger partial charge in [-0.25, -0.2) is 4.79 Å². The third kappa shape index (κ3) is 5.62. The van der Waals surface area contributed by atoms with E-state index < -0.39 is 0 Å². The molecule has 1 aromatic carbocycles. The SMILES string of the molecule is COc1cc(/C=C/C(=O)N2CCN(CCO[C]=O)CC2)cc(OC)c1OC. The molecule has 27 heavy (non-hydrogen) atoms. The molecule has 0 aromatic heterocycles. The molecule has 8 heteroatoms. The molecule has 1 amide bonds. The van der Waals surface area contributed by atoms with Crippen LogP contribution < -0.4 is 14.2 Å². The van der Waals surface area contributed by atoms with Crippen molar-refractivity contribution in [1.82, 2.24) is 9.80 Å². The molecule has 1 fully saturated rings. The maximum absolute atomic E-state index is 12.4. The van der Waals surface area contributed by atoms with Gasteiger partial charge >= 0.3 is 6.47 Å². The largest absolute Gasteiger partial charge is 0.493 e. The zero-order chi connectivity index (χ0) is 19.6. The van der Waals surface area contributed by atoms with Crippen molar-refractivity contribution in [2.45, 2.75) is 0 Å². The highest BCUT2D eigenvalue weighted by molar-refractivity contribution is 5.92. The van der Waals surface area contributed by atoms with Gasteiger partial charge in [-0.15, -0.1) is 0 Å². The predicted octanol–water partition coefficient (Wildman–Crippen LogP) is 0.954. The minimum absolute atomic E-state index is 0.0547. The van der Waals surface area contributed by atoms with Crippen LogP contribution in [0, 0.1) is 0 Å². The predicted molar refractivity (Wildman–Crippen MR) is 99.8 cm³/mol. The van der Waals surface area contributed by atoms with Crippen LogP contribution in [0.1, 0.15) is 5.56 Å². The number of benzene rings is 1. The second-order valence-corrected chi connectivity index (χ2v) is 5.89. The first-order valence-corrected chi connectivity index (χ1v) is 8.61. The highest BCUT2D eigenvalue weighted by Crippen LogP contribution is 2.38. The van der Waals surface area contributed by atoms with E-state index in [9.17, 15) is 9.59 Å². The van der Waals surface area contributed by atoms with E-state index in [-0.39, 0.29) is 5.91 Å². The van der Waals surface area contributed by atoms with Gasteiger partial charge in [0, 0.05) is 38.8 Å². The van der Waals surface area contributed by atoms with E-state index in [1.165, 1.54) is 6.47 Å². The second-order valence-electron chi connectivity index (χ2n) is 5.89. The van der Waals surface area contributed by atoms with Crippen molar-refractivity contribution >= 4 is 18.5 Å². The number of piperazine rings is 1. The molecule has 0 N–H and O–H groups in total. The van der Waals surface area contributed by atoms with E-state index in [0.717, 1.165) is 18.7 Å². The summed E-state index contributed by atoms with van der Waals surface area (Å²) in [4.78, 5) is 26.4. The average molecular weight is 377 g/mol. The van der Waals surface area contributed by atoms with Crippen LogP contribution >= 0.6 is 0 Å². The van der Waals surface area contributed by atoms with Crippen LogP contribution in [0.4, 0.5) is 0 Å². The van der Waals surface area contributed by atoms with E-state index in [1.807, 2.05) is 0 Å². The number of methoxy groups -OCH3 is 3. The lowest BCUT2D eigenvalue weighted by Crippen LogP contribution is -2.49. The molecule has 8 nitrogen and oxygen atoms in total. The van der Waals surface area contributed by atoms with Gasteiger partial charge in [0.05, 0.1) is 21.3 Å². The molecule has 1 heterocycles. The molecule has 0 aliphatic carbocycles. The summed E-state index contributed by atoms with van der Waals surface area (Å²) in [5.74, 6) is 1.52. The summed E-state index contributed by atoms with van der Waals surface area (Å²) in [6.45, 7) is 5.12. The Balaban J connectivity index is 1.96. The Morgan fingerprint density at radius 3 is 2.22 bits per heavy atom. The Hall–Kier alpha value is -2.74. The number of hydrogen-bond acceptors (Lipinski definition) is 7. The van der Waals surface area contributed by atoms with E-state index >= 15 is 0 Å². The van der Waals surface area contributed by atoms with Crippen LogP contribution in [0.25, 0.3) is 6.08 Å². The minimum atomic E-state index is -0.0547. The third-order valence-electron chi connectivity index (χ3n) is 4.36. The van der Waals surface area contributed by atoms with Gasteiger partial charge in [0.25, 0.3) is 0 Å². The molecular weight excluding hydrogens is 352 g/mol. The first-order chi connectivity index (χ1) is 13.1. The first kappa shape index (κ1) is 20.6. The van der Waals surface area contributed by atoms with Crippen molar-refractivity contribution < 1.29 is 28.5 Å². The molecule has 0 atom stereocenters. The fourth-order valence-electron chi connectivity index (χ4n) is 2.88. The lowest BCUT2D eigenvalue weighted by atomic mass is 10.1. The summed E-state index contributed by atoms with van der Waals surface area (Å²) in [6.07, 6.45) is 3.27. The number of amides is 1. The maximum atomic E-state index is 12.4. The van der Waals surface area contributed by atoms with Gasteiger partial charge in [-0.1, -0.05) is 0 Å². The molecule has 1 aliphatic rings. The highest BCUT2D eigenvalue weighted by Gasteiger charge is 2.19. The number of ether oxygens (including phenoxy) is 4. The standard InChI is InChI=1S/C19H25N2O6/c1-24-16-12-15(13-17(25-2)19(16)26-3)4-5-18(23)21-8-6-20(7-9-21)10-11-27-14-22/h4-5,12-13H,6-11H2,1-3H3/b5-4+. The summed E-state index contributed by atoms with van der Waals surface area (Å²) in [6, 6.07) is 3.57. The third-order valence-corrected chi connectivity index (χ3v) is 4.36. The minimum Gasteiger partial charge on any atom is -0.493 e. The Morgan fingerprint density at radius 1 is 1.07 bits per heavy atom. The lowest BCUT2D eigenvalue weighted by Gasteiger charge is -2.33. The molecule has 1 saturated heterocycles. The molecule has 1 aromatic rings. The van der Waals surface area contributed by atoms with Crippen molar-refractivity contribution in [3.63, 3.8) is 0 Å². The smallest absolute Gasteiger partial charge is 0.417 e. The van der Waals surface area contributed by atoms with Crippen molar-refractivity contribution in [3.05, 3.63) is 23.8 Å². The van der Waals surface area contributed by atoms with Crippen LogP contribution in [-0.2, 0) is 14.3 Å². The summed E-state index contributed by atoms with van der Waals surface area (Å²) in [7, 11) is 4.64. The van der Waals surface area contributed by atoms with E-state index in [2.05, 4.69) is 9.64 Å². The Labute approximate surface area is 159 Å². The highest BCUT2D eigenvalue weighted by atomic mass is 16.5. The normalized spacial score (nSPS) is 14.9. The maximum Gasteiger partial charge on any atom is 0.417 e. The van der Waals surface area contributed by atoms with Gasteiger partial charge < -0.3 is 23.8 Å². The summed E-state index contributed by atoms with van der Waals surface area (Å²) in [5, 5.41) is 0. The van der Waals surface area contributed by atoms with E-state index in [0.29, 0.717) is 43.5 Å². The molecule has 2 rings (SSSR count). The molecule has 0 spiro atoms. The van der Waals surface area contributed by atoms with Gasteiger partial charge in [0.2, 0.25) is 11.7 Å². The van der Waals surface area contributed by atoms with E-state index in [1.54, 1.807) is 50.5 Å². The first-order valence-electron chi connectivity index (χ1n) is 8.61. The summed E-state index contributed by atoms with van der Waals surface area (Å²) < 4.78 is 20.5. The number of carbonyl (C=O) groups excluding carboxylic acids is 2. The van der Waals surface area contributed by atoms with Crippen LogP contribution in [0.15, 0.2) is 18.2 Å². The number of rotatable bonds is 9. The van der Waals surface area contributed by atoms with Gasteiger partial charge in [-0.05, 0) is 23.8 Å². The topological polar surface area (TPSA) is 77.5 Å². The quantitative estimate of drug-likeness (QED) is 0.468. The van der Waals surface area contributed by atoms with Gasteiger partial charge in [0.15, 0.2) is 11.5 Å². The molecule has 1 aliphatic heterocycles. The Bertz CT molecular complexity index is 643. The zero-order valence-corrected chi connectivity index (χ0v) is 15.9. The van der Waals surface area contributed by atoms with Crippen LogP contribution in [0.3, 0.4) is 0 Å². The van der Waals surface area contributed by atoms with Gasteiger partial charge in [-0.2, -0.15) is 0 Å². The van der Waals surface area contributed by atoms with Crippen LogP contribution in [-0.4, -0.2) is 82.8 Å². The fraction of sp³-hybridized carbons (Fsp3) is 0.474. The zero-order valence-electron chi connectivity index (χ0n) is 15.9. The number of carbonyl (C=O) groups is 1. The monoisotopic (exact) mass is 377 g/mol. The van der Waals surface area contributed by atoms with Crippen molar-refractivity contribution in [1.29, 1.82) is 0 Å². The van der Waals surface area contributed by atoms with Crippen molar-refractivity contribution in [2.75, 3.05) is 60.7 Å². The fourth-order valence-corrected chi connectivity index (χ4v) is 2.88. The average Bonchev–Trinajstić information content (AvgIpc) is 2.71. The van der Waals surface area contributed by atoms with Crippen LogP contribution in [0.5, 0.6) is 17.2 Å². The molecule has 0 unspecified atom stereocenters. The van der Waals surface area contributed by atoms with Gasteiger partial charge in [-0.3, -0.25) is 9.69 Å². The summed E-state index contributed by atoms with van der Waals surface area (Å²) >= 11 is 0. The number of hydrogen-bond donors (Lipinski definition) is 0. The Kier molecular flexibility index (Phi) is 7.94. The Morgan fingerprint density at radius 2 is 1.70 bits per heavy atom. The molecule has 1 radical (unpaired) electrons. The molecule has 147 valence electrons. The van der Waals surface area contributed by atoms with Gasteiger partial charge in [0.1, 0.15) is 6.61 Å². The van der Waals surface area contributed by atoms with E-state index in [4.69, 9.17) is 14.2 Å². The number of nitrogens with zero attached hydrogens (tertiary/aromatic N) is 2. The lowest BCUT2D eigenvalue weighted by molar-refractivity contribution is -0.127.